The van der Waals surface area contributed by atoms with Gasteiger partial charge in [0.15, 0.2) is 0 Å². The summed E-state index contributed by atoms with van der Waals surface area (Å²) in [4.78, 5) is 49.3. The molecule has 4 N–H and O–H groups in total. The van der Waals surface area contributed by atoms with Gasteiger partial charge in [0.05, 0.1) is 11.5 Å². The first kappa shape index (κ1) is 18.3. The van der Waals surface area contributed by atoms with Crippen LogP contribution >= 0.6 is 0 Å². The molecule has 1 saturated carbocycles. The van der Waals surface area contributed by atoms with E-state index in [1.807, 2.05) is 4.98 Å². The Morgan fingerprint density at radius 1 is 1.14 bits per heavy atom. The van der Waals surface area contributed by atoms with E-state index in [1.54, 1.807) is 0 Å². The van der Waals surface area contributed by atoms with Gasteiger partial charge in [-0.1, -0.05) is 6.42 Å². The Bertz CT molecular complexity index is 670. The van der Waals surface area contributed by atoms with Crippen LogP contribution in [0.3, 0.4) is 0 Å². The number of carboxylic acid groups (broad SMARTS) is 2. The normalized spacial score (nSPS) is 21.3. The van der Waals surface area contributed by atoms with Gasteiger partial charge >= 0.3 is 69.0 Å². The predicted octanol–water partition coefficient (Wildman–Crippen LogP) is -2.76. The van der Waals surface area contributed by atoms with Gasteiger partial charge in [-0.25, -0.2) is 9.59 Å². The molecule has 0 spiro atoms. The largest absolute Gasteiger partial charge is 1.00 e. The minimum absolute atomic E-state index is 0. The molecule has 9 heteroatoms. The topological polar surface area (TPSA) is 140 Å². The number of rotatable bonds is 3. The third kappa shape index (κ3) is 4.13. The van der Waals surface area contributed by atoms with E-state index in [0.29, 0.717) is 19.3 Å². The van der Waals surface area contributed by atoms with E-state index in [-0.39, 0.29) is 64.8 Å². The number of aliphatic carboxylic acids is 1. The van der Waals surface area contributed by atoms with Crippen molar-refractivity contribution in [3.8, 4) is 0 Å². The summed E-state index contributed by atoms with van der Waals surface area (Å²) in [5.41, 5.74) is -2.14. The van der Waals surface area contributed by atoms with Crippen LogP contribution in [0.2, 0.25) is 0 Å². The quantitative estimate of drug-likeness (QED) is 0.444. The fourth-order valence-electron chi connectivity index (χ4n) is 2.73. The van der Waals surface area contributed by atoms with Crippen LogP contribution in [0.5, 0.6) is 0 Å². The third-order valence-electron chi connectivity index (χ3n) is 3.63. The van der Waals surface area contributed by atoms with Crippen LogP contribution in [0.4, 0.5) is 0 Å². The number of nitrogens with one attached hydrogen (secondary N) is 2. The second-order valence-corrected chi connectivity index (χ2v) is 4.90. The van der Waals surface area contributed by atoms with Crippen molar-refractivity contribution in [1.29, 1.82) is 0 Å². The predicted molar refractivity (Wildman–Crippen MR) is 68.1 cm³/mol. The van der Waals surface area contributed by atoms with E-state index in [2.05, 4.69) is 4.98 Å². The Hall–Kier alpha value is -0.744. The van der Waals surface area contributed by atoms with Crippen LogP contribution in [-0.2, 0) is 4.79 Å². The minimum Gasteiger partial charge on any atom is -1.00 e. The Balaban J connectivity index is 0.00000220. The number of aromatic carboxylic acids is 1. The average Bonchev–Trinajstić information content (AvgIpc) is 2.37. The van der Waals surface area contributed by atoms with Crippen molar-refractivity contribution in [2.24, 2.45) is 5.92 Å². The fraction of sp³-hybridized carbons (Fsp3) is 0.500. The molecule has 2 atom stereocenters. The number of H-pyrrole nitrogens is 2. The van der Waals surface area contributed by atoms with Crippen LogP contribution in [0.1, 0.15) is 49.1 Å². The zero-order valence-corrected chi connectivity index (χ0v) is 14.6. The Kier molecular flexibility index (Phi) is 6.54. The van der Waals surface area contributed by atoms with E-state index in [4.69, 9.17) is 10.2 Å². The summed E-state index contributed by atoms with van der Waals surface area (Å²) in [6, 6.07) is 0. The van der Waals surface area contributed by atoms with Crippen LogP contribution in [0.25, 0.3) is 0 Å². The van der Waals surface area contributed by atoms with Crippen molar-refractivity contribution in [3.63, 3.8) is 0 Å². The molecule has 1 aliphatic carbocycles. The van der Waals surface area contributed by atoms with Gasteiger partial charge in [0.25, 0.3) is 5.56 Å². The molecule has 0 bridgehead atoms. The van der Waals surface area contributed by atoms with Crippen molar-refractivity contribution < 1.29 is 72.6 Å². The second-order valence-electron chi connectivity index (χ2n) is 4.90. The van der Waals surface area contributed by atoms with E-state index < -0.39 is 40.7 Å². The van der Waals surface area contributed by atoms with Crippen molar-refractivity contribution in [2.45, 2.75) is 31.6 Å². The number of carbonyl (C=O) groups is 2. The molecule has 0 aromatic carbocycles. The number of aromatic amines is 2. The zero-order chi connectivity index (χ0) is 14.9. The zero-order valence-electron chi connectivity index (χ0n) is 12.5. The number of hydrogen-bond donors (Lipinski definition) is 4. The van der Waals surface area contributed by atoms with Crippen LogP contribution in [0.15, 0.2) is 9.59 Å². The smallest absolute Gasteiger partial charge is 1.00 e. The van der Waals surface area contributed by atoms with Gasteiger partial charge in [-0.3, -0.25) is 14.6 Å². The van der Waals surface area contributed by atoms with Crippen molar-refractivity contribution >= 4 is 11.9 Å². The van der Waals surface area contributed by atoms with Crippen LogP contribution < -0.4 is 62.6 Å². The molecule has 1 aromatic rings. The van der Waals surface area contributed by atoms with Crippen molar-refractivity contribution in [2.75, 3.05) is 0 Å². The summed E-state index contributed by atoms with van der Waals surface area (Å²) in [6.45, 7) is 0. The molecule has 2 rings (SSSR count). The van der Waals surface area contributed by atoms with Gasteiger partial charge in [-0.15, -0.1) is 0 Å². The molecule has 21 heavy (non-hydrogen) atoms. The molecule has 0 radical (unpaired) electrons. The first-order valence-corrected chi connectivity index (χ1v) is 6.22. The van der Waals surface area contributed by atoms with Gasteiger partial charge < -0.3 is 16.6 Å². The molecular weight excluding hydrogens is 307 g/mol. The molecule has 1 aromatic heterocycles. The maximum atomic E-state index is 11.9. The van der Waals surface area contributed by atoms with Crippen LogP contribution in [0, 0.1) is 5.92 Å². The third-order valence-corrected chi connectivity index (χ3v) is 3.63. The maximum Gasteiger partial charge on any atom is 1.00 e. The molecule has 110 valence electrons. The second kappa shape index (κ2) is 7.50. The van der Waals surface area contributed by atoms with Crippen molar-refractivity contribution in [3.05, 3.63) is 32.1 Å². The maximum absolute atomic E-state index is 11.9. The molecule has 2 unspecified atom stereocenters. The average molecular weight is 322 g/mol. The Morgan fingerprint density at radius 3 is 2.38 bits per heavy atom. The summed E-state index contributed by atoms with van der Waals surface area (Å²) in [5, 5.41) is 18.1. The van der Waals surface area contributed by atoms with Gasteiger partial charge in [0.1, 0.15) is 5.69 Å². The first-order valence-electron chi connectivity index (χ1n) is 6.22. The molecule has 1 fully saturated rings. The van der Waals surface area contributed by atoms with Gasteiger partial charge in [-0.05, 0) is 25.2 Å². The molecule has 0 saturated heterocycles. The fourth-order valence-corrected chi connectivity index (χ4v) is 2.73. The molecular formula is C12H15KN2O6. The van der Waals surface area contributed by atoms with E-state index in [1.165, 1.54) is 0 Å². The SMILES string of the molecule is O=C(O)c1[nH]c(=O)[nH]c(=O)c1C1CCCC(C(=O)O)C1.[H-].[K+]. The van der Waals surface area contributed by atoms with E-state index in [9.17, 15) is 19.2 Å². The summed E-state index contributed by atoms with van der Waals surface area (Å²) in [6.07, 6.45) is 1.83. The van der Waals surface area contributed by atoms with E-state index in [0.717, 1.165) is 0 Å². The van der Waals surface area contributed by atoms with E-state index >= 15 is 0 Å². The monoisotopic (exact) mass is 322 g/mol. The standard InChI is InChI=1S/C12H14N2O6.K.H/c15-9-7(8(11(18)19)13-12(20)14-9)5-2-1-3-6(4-5)10(16)17;;/h5-6H,1-4H2,(H,16,17)(H,18,19)(H2,13,14,15,20);;/q;+1;-1. The minimum atomic E-state index is -1.40. The number of hydrogen-bond acceptors (Lipinski definition) is 4. The van der Waals surface area contributed by atoms with Gasteiger partial charge in [0, 0.05) is 0 Å². The van der Waals surface area contributed by atoms with Crippen LogP contribution in [-0.4, -0.2) is 32.1 Å². The molecule has 8 nitrogen and oxygen atoms in total. The molecule has 0 aliphatic heterocycles. The summed E-state index contributed by atoms with van der Waals surface area (Å²) < 4.78 is 0. The van der Waals surface area contributed by atoms with Crippen molar-refractivity contribution in [1.82, 2.24) is 9.97 Å². The molecule has 1 aliphatic rings. The van der Waals surface area contributed by atoms with Gasteiger partial charge in [0.2, 0.25) is 0 Å². The number of aromatic nitrogens is 2. The Labute approximate surface area is 162 Å². The number of carboxylic acids is 2. The summed E-state index contributed by atoms with van der Waals surface area (Å²) in [7, 11) is 0. The summed E-state index contributed by atoms with van der Waals surface area (Å²) in [5.74, 6) is -3.42. The van der Waals surface area contributed by atoms with Gasteiger partial charge in [-0.2, -0.15) is 0 Å². The summed E-state index contributed by atoms with van der Waals surface area (Å²) >= 11 is 0. The molecule has 0 amide bonds. The molecule has 1 heterocycles. The Morgan fingerprint density at radius 2 is 1.81 bits per heavy atom. The first-order chi connectivity index (χ1) is 9.40.